The summed E-state index contributed by atoms with van der Waals surface area (Å²) in [6.07, 6.45) is 10.7. The number of fused-ring (bicyclic) bond motifs is 3. The van der Waals surface area contributed by atoms with Gasteiger partial charge in [-0.2, -0.15) is 0 Å². The van der Waals surface area contributed by atoms with Gasteiger partial charge < -0.3 is 19.3 Å². The lowest BCUT2D eigenvalue weighted by Gasteiger charge is -2.45. The number of terminal acetylenes is 2. The SMILES string of the molecule is C#C[C@H]1C2=C([C@@H](C)[C@@H]3OC(c4ccccc4)(c4ccccc4)O[C@@H]31)[C@H](C#C)N(C(=O)OC)c1ccc(O)cc12. The van der Waals surface area contributed by atoms with Crippen LogP contribution in [0.3, 0.4) is 0 Å². The molecule has 2 aliphatic heterocycles. The number of benzene rings is 3. The second kappa shape index (κ2) is 9.36. The molecule has 3 aliphatic rings. The fourth-order valence-electron chi connectivity index (χ4n) is 6.30. The number of carbonyl (C=O) groups excluding carboxylic acids is 1. The Labute approximate surface area is 227 Å². The number of methoxy groups -OCH3 is 1. The lowest BCUT2D eigenvalue weighted by molar-refractivity contribution is -0.153. The molecule has 39 heavy (non-hydrogen) atoms. The van der Waals surface area contributed by atoms with Crippen LogP contribution in [-0.2, 0) is 20.0 Å². The van der Waals surface area contributed by atoms with Gasteiger partial charge in [-0.15, -0.1) is 12.8 Å². The maximum atomic E-state index is 13.0. The number of anilines is 1. The highest BCUT2D eigenvalue weighted by atomic mass is 16.8. The Kier molecular flexibility index (Phi) is 5.96. The smallest absolute Gasteiger partial charge is 0.415 e. The molecular weight excluding hydrogens is 490 g/mol. The Bertz CT molecular complexity index is 1510. The number of ether oxygens (including phenoxy) is 3. The number of nitrogens with zero attached hydrogens (tertiary/aromatic N) is 1. The van der Waals surface area contributed by atoms with E-state index in [4.69, 9.17) is 27.1 Å². The number of carbonyl (C=O) groups is 1. The molecule has 3 aromatic carbocycles. The zero-order valence-electron chi connectivity index (χ0n) is 21.6. The van der Waals surface area contributed by atoms with Crippen LogP contribution in [0.15, 0.2) is 84.4 Å². The van der Waals surface area contributed by atoms with Gasteiger partial charge in [0.25, 0.3) is 0 Å². The summed E-state index contributed by atoms with van der Waals surface area (Å²) in [6.45, 7) is 2.02. The van der Waals surface area contributed by atoms with E-state index in [-0.39, 0.29) is 11.7 Å². The molecule has 5 atom stereocenters. The van der Waals surface area contributed by atoms with Crippen LogP contribution in [0.1, 0.15) is 23.6 Å². The largest absolute Gasteiger partial charge is 0.508 e. The summed E-state index contributed by atoms with van der Waals surface area (Å²) in [6, 6.07) is 23.6. The van der Waals surface area contributed by atoms with Crippen LogP contribution in [0, 0.1) is 36.5 Å². The van der Waals surface area contributed by atoms with E-state index in [0.717, 1.165) is 22.3 Å². The van der Waals surface area contributed by atoms with Gasteiger partial charge in [0.1, 0.15) is 17.9 Å². The zero-order chi connectivity index (χ0) is 27.3. The number of aromatic hydroxyl groups is 1. The fraction of sp³-hybridized carbons (Fsp3) is 0.242. The first-order chi connectivity index (χ1) is 18.9. The van der Waals surface area contributed by atoms with Crippen LogP contribution in [0.25, 0.3) is 5.57 Å². The van der Waals surface area contributed by atoms with Crippen molar-refractivity contribution in [3.8, 4) is 30.4 Å². The van der Waals surface area contributed by atoms with Crippen molar-refractivity contribution in [2.24, 2.45) is 11.8 Å². The highest BCUT2D eigenvalue weighted by Crippen LogP contribution is 2.56. The summed E-state index contributed by atoms with van der Waals surface area (Å²) in [7, 11) is 1.31. The molecule has 0 saturated carbocycles. The van der Waals surface area contributed by atoms with Crippen molar-refractivity contribution in [2.75, 3.05) is 12.0 Å². The first kappa shape index (κ1) is 24.8. The highest BCUT2D eigenvalue weighted by molar-refractivity contribution is 5.99. The summed E-state index contributed by atoms with van der Waals surface area (Å²) < 4.78 is 19.0. The minimum absolute atomic E-state index is 0.0432. The highest BCUT2D eigenvalue weighted by Gasteiger charge is 2.59. The summed E-state index contributed by atoms with van der Waals surface area (Å²) in [4.78, 5) is 14.5. The molecule has 0 aromatic heterocycles. The van der Waals surface area contributed by atoms with Gasteiger partial charge in [0.05, 0.1) is 24.8 Å². The first-order valence-corrected chi connectivity index (χ1v) is 12.8. The minimum Gasteiger partial charge on any atom is -0.508 e. The van der Waals surface area contributed by atoms with Gasteiger partial charge in [-0.1, -0.05) is 79.4 Å². The number of hydrogen-bond donors (Lipinski definition) is 1. The molecule has 0 unspecified atom stereocenters. The molecule has 194 valence electrons. The second-order valence-electron chi connectivity index (χ2n) is 9.93. The van der Waals surface area contributed by atoms with Crippen LogP contribution in [-0.4, -0.2) is 36.6 Å². The van der Waals surface area contributed by atoms with E-state index in [1.807, 2.05) is 67.6 Å². The van der Waals surface area contributed by atoms with E-state index in [2.05, 4.69) is 11.8 Å². The van der Waals surface area contributed by atoms with Crippen molar-refractivity contribution in [1.82, 2.24) is 0 Å². The quantitative estimate of drug-likeness (QED) is 0.466. The fourth-order valence-corrected chi connectivity index (χ4v) is 6.30. The van der Waals surface area contributed by atoms with Gasteiger partial charge in [-0.05, 0) is 29.3 Å². The third kappa shape index (κ3) is 3.57. The van der Waals surface area contributed by atoms with E-state index in [9.17, 15) is 9.90 Å². The Morgan fingerprint density at radius 3 is 2.13 bits per heavy atom. The zero-order valence-corrected chi connectivity index (χ0v) is 21.6. The minimum atomic E-state index is -1.20. The number of amides is 1. The Morgan fingerprint density at radius 2 is 1.56 bits per heavy atom. The summed E-state index contributed by atoms with van der Waals surface area (Å²) in [5, 5.41) is 10.5. The van der Waals surface area contributed by atoms with E-state index in [1.54, 1.807) is 12.1 Å². The van der Waals surface area contributed by atoms with Gasteiger partial charge >= 0.3 is 6.09 Å². The van der Waals surface area contributed by atoms with Crippen molar-refractivity contribution in [3.63, 3.8) is 0 Å². The van der Waals surface area contributed by atoms with Gasteiger partial charge in [0.2, 0.25) is 5.79 Å². The second-order valence-corrected chi connectivity index (χ2v) is 9.93. The molecule has 0 bridgehead atoms. The van der Waals surface area contributed by atoms with Crippen molar-refractivity contribution in [2.45, 2.75) is 31.0 Å². The lowest BCUT2D eigenvalue weighted by Crippen LogP contribution is -2.51. The number of phenols is 1. The molecule has 1 amide bonds. The molecule has 6 nitrogen and oxygen atoms in total. The monoisotopic (exact) mass is 517 g/mol. The topological polar surface area (TPSA) is 68.2 Å². The van der Waals surface area contributed by atoms with Gasteiger partial charge in [-0.25, -0.2) is 4.79 Å². The molecule has 1 fully saturated rings. The predicted octanol–water partition coefficient (Wildman–Crippen LogP) is 5.32. The standard InChI is InChI=1S/C33H27NO5/c1-5-24-29-25-19-23(35)17-18-27(25)34(32(36)37-4)26(6-2)28(29)20(3)30-31(24)39-33(38-30,21-13-9-7-10-14-21)22-15-11-8-12-16-22/h1-2,7-20,24,26,30-31,35H,3-4H3/t20-,24+,26+,30+,31-/m1/s1. The molecule has 2 heterocycles. The molecule has 0 spiro atoms. The predicted molar refractivity (Wildman–Crippen MR) is 147 cm³/mol. The molecule has 1 saturated heterocycles. The number of rotatable bonds is 2. The average Bonchev–Trinajstić information content (AvgIpc) is 3.39. The number of hydrogen-bond acceptors (Lipinski definition) is 5. The molecule has 1 aliphatic carbocycles. The van der Waals surface area contributed by atoms with E-state index < -0.39 is 36.0 Å². The summed E-state index contributed by atoms with van der Waals surface area (Å²) in [5.74, 6) is 3.75. The van der Waals surface area contributed by atoms with Crippen molar-refractivity contribution in [1.29, 1.82) is 0 Å². The molecule has 6 heteroatoms. The van der Waals surface area contributed by atoms with Gasteiger partial charge in [0, 0.05) is 22.6 Å². The first-order valence-electron chi connectivity index (χ1n) is 12.8. The molecule has 0 radical (unpaired) electrons. The summed E-state index contributed by atoms with van der Waals surface area (Å²) in [5.41, 5.74) is 4.38. The third-order valence-corrected chi connectivity index (χ3v) is 7.96. The van der Waals surface area contributed by atoms with Gasteiger partial charge in [0.15, 0.2) is 0 Å². The van der Waals surface area contributed by atoms with E-state index >= 15 is 0 Å². The maximum absolute atomic E-state index is 13.0. The maximum Gasteiger partial charge on any atom is 0.415 e. The number of phenolic OH excluding ortho intramolecular Hbond substituents is 1. The average molecular weight is 518 g/mol. The molecule has 3 aromatic rings. The Hall–Kier alpha value is -4.49. The summed E-state index contributed by atoms with van der Waals surface area (Å²) >= 11 is 0. The molecule has 6 rings (SSSR count). The van der Waals surface area contributed by atoms with Crippen LogP contribution in [0.5, 0.6) is 5.75 Å². The van der Waals surface area contributed by atoms with Crippen molar-refractivity contribution < 1.29 is 24.1 Å². The van der Waals surface area contributed by atoms with Gasteiger partial charge in [-0.3, -0.25) is 4.90 Å². The normalized spacial score (nSPS) is 26.5. The van der Waals surface area contributed by atoms with E-state index in [0.29, 0.717) is 11.3 Å². The van der Waals surface area contributed by atoms with Crippen molar-refractivity contribution >= 4 is 17.4 Å². The Morgan fingerprint density at radius 1 is 0.949 bits per heavy atom. The van der Waals surface area contributed by atoms with E-state index in [1.165, 1.54) is 18.1 Å². The van der Waals surface area contributed by atoms with Crippen LogP contribution >= 0.6 is 0 Å². The Balaban J connectivity index is 1.56. The third-order valence-electron chi connectivity index (χ3n) is 7.96. The van der Waals surface area contributed by atoms with Crippen LogP contribution in [0.4, 0.5) is 10.5 Å². The van der Waals surface area contributed by atoms with Crippen molar-refractivity contribution in [3.05, 3.63) is 101 Å². The van der Waals surface area contributed by atoms with Crippen LogP contribution < -0.4 is 4.90 Å². The molecule has 1 N–H and O–H groups in total. The lowest BCUT2D eigenvalue weighted by atomic mass is 9.67. The van der Waals surface area contributed by atoms with Crippen LogP contribution in [0.2, 0.25) is 0 Å². The molecular formula is C33H27NO5.